The molecule has 2 heterocycles. The first-order valence-corrected chi connectivity index (χ1v) is 9.07. The lowest BCUT2D eigenvalue weighted by molar-refractivity contribution is 0.628. The van der Waals surface area contributed by atoms with Gasteiger partial charge in [0, 0.05) is 23.9 Å². The molecule has 0 radical (unpaired) electrons. The zero-order chi connectivity index (χ0) is 19.3. The highest BCUT2D eigenvalue weighted by molar-refractivity contribution is 5.66. The van der Waals surface area contributed by atoms with Crippen LogP contribution in [-0.2, 0) is 0 Å². The lowest BCUT2D eigenvalue weighted by atomic mass is 10.1. The number of rotatable bonds is 5. The van der Waals surface area contributed by atoms with Gasteiger partial charge in [-0.2, -0.15) is 0 Å². The van der Waals surface area contributed by atoms with E-state index in [-0.39, 0.29) is 11.9 Å². The second-order valence-corrected chi connectivity index (χ2v) is 6.46. The third-order valence-corrected chi connectivity index (χ3v) is 4.42. The molecule has 0 bridgehead atoms. The van der Waals surface area contributed by atoms with Crippen LogP contribution in [0.4, 0.5) is 10.2 Å². The maximum Gasteiger partial charge on any atom is 0.180 e. The van der Waals surface area contributed by atoms with Crippen LogP contribution in [0.15, 0.2) is 85.1 Å². The first-order valence-electron chi connectivity index (χ1n) is 9.07. The molecule has 1 unspecified atom stereocenters. The molecule has 2 aromatic heterocycles. The molecule has 0 spiro atoms. The molecule has 0 amide bonds. The maximum absolute atomic E-state index is 13.3. The Labute approximate surface area is 163 Å². The quantitative estimate of drug-likeness (QED) is 0.503. The van der Waals surface area contributed by atoms with Crippen LogP contribution < -0.4 is 5.32 Å². The highest BCUT2D eigenvalue weighted by atomic mass is 19.1. The summed E-state index contributed by atoms with van der Waals surface area (Å²) in [5.74, 6) is 0.926. The van der Waals surface area contributed by atoms with Crippen molar-refractivity contribution >= 4 is 5.82 Å². The molecule has 0 aliphatic rings. The van der Waals surface area contributed by atoms with E-state index in [2.05, 4.69) is 39.3 Å². The first kappa shape index (κ1) is 17.8. The van der Waals surface area contributed by atoms with Crippen LogP contribution in [-0.4, -0.2) is 15.0 Å². The van der Waals surface area contributed by atoms with E-state index in [1.54, 1.807) is 18.3 Å². The van der Waals surface area contributed by atoms with Crippen LogP contribution in [0.5, 0.6) is 0 Å². The molecule has 28 heavy (non-hydrogen) atoms. The normalized spacial score (nSPS) is 11.8. The van der Waals surface area contributed by atoms with Crippen LogP contribution >= 0.6 is 0 Å². The minimum atomic E-state index is -0.279. The van der Waals surface area contributed by atoms with E-state index in [1.165, 1.54) is 12.1 Å². The maximum atomic E-state index is 13.3. The molecule has 0 saturated carbocycles. The van der Waals surface area contributed by atoms with Crippen molar-refractivity contribution in [3.63, 3.8) is 0 Å². The predicted octanol–water partition coefficient (Wildman–Crippen LogP) is 5.52. The third kappa shape index (κ3) is 4.04. The van der Waals surface area contributed by atoms with Crippen LogP contribution in [0.2, 0.25) is 0 Å². The van der Waals surface area contributed by atoms with Gasteiger partial charge in [0.1, 0.15) is 17.3 Å². The third-order valence-electron chi connectivity index (χ3n) is 4.42. The number of nitrogens with zero attached hydrogens (tertiary/aromatic N) is 3. The molecule has 0 fully saturated rings. The molecule has 138 valence electrons. The first-order chi connectivity index (χ1) is 13.7. The van der Waals surface area contributed by atoms with Gasteiger partial charge in [-0.1, -0.05) is 36.4 Å². The summed E-state index contributed by atoms with van der Waals surface area (Å²) in [6, 6.07) is 24.0. The fourth-order valence-electron chi connectivity index (χ4n) is 2.95. The Balaban J connectivity index is 1.74. The molecule has 2 aromatic carbocycles. The van der Waals surface area contributed by atoms with Crippen molar-refractivity contribution in [2.45, 2.75) is 13.0 Å². The van der Waals surface area contributed by atoms with E-state index in [0.29, 0.717) is 23.0 Å². The standard InChI is InChI=1S/C23H19FN4/c1-16(17-7-3-2-4-8-17)26-22-15-21(18-10-12-19(24)13-11-18)27-23(28-22)20-9-5-6-14-25-20/h2-16H,1H3,(H,26,27,28). The van der Waals surface area contributed by atoms with E-state index in [0.717, 1.165) is 11.1 Å². The van der Waals surface area contributed by atoms with Gasteiger partial charge < -0.3 is 5.32 Å². The minimum absolute atomic E-state index is 0.0637. The molecule has 1 atom stereocenters. The Morgan fingerprint density at radius 3 is 2.29 bits per heavy atom. The van der Waals surface area contributed by atoms with Crippen LogP contribution in [0.3, 0.4) is 0 Å². The van der Waals surface area contributed by atoms with Gasteiger partial charge in [-0.25, -0.2) is 14.4 Å². The van der Waals surface area contributed by atoms with E-state index < -0.39 is 0 Å². The number of anilines is 1. The van der Waals surface area contributed by atoms with Crippen LogP contribution in [0.25, 0.3) is 22.8 Å². The fourth-order valence-corrected chi connectivity index (χ4v) is 2.95. The number of pyridine rings is 1. The van der Waals surface area contributed by atoms with E-state index in [1.807, 2.05) is 42.5 Å². The minimum Gasteiger partial charge on any atom is -0.363 e. The summed E-state index contributed by atoms with van der Waals surface area (Å²) in [5, 5.41) is 3.44. The summed E-state index contributed by atoms with van der Waals surface area (Å²) in [6.07, 6.45) is 1.71. The van der Waals surface area contributed by atoms with Gasteiger partial charge in [0.25, 0.3) is 0 Å². The van der Waals surface area contributed by atoms with Crippen molar-refractivity contribution in [3.05, 3.63) is 96.4 Å². The van der Waals surface area contributed by atoms with Gasteiger partial charge >= 0.3 is 0 Å². The molecule has 5 heteroatoms. The smallest absolute Gasteiger partial charge is 0.180 e. The molecule has 4 rings (SSSR count). The van der Waals surface area contributed by atoms with Gasteiger partial charge in [-0.15, -0.1) is 0 Å². The molecule has 0 saturated heterocycles. The fraction of sp³-hybridized carbons (Fsp3) is 0.0870. The molecule has 0 aliphatic carbocycles. The number of hydrogen-bond acceptors (Lipinski definition) is 4. The van der Waals surface area contributed by atoms with Gasteiger partial charge in [-0.3, -0.25) is 4.98 Å². The Hall–Kier alpha value is -3.60. The van der Waals surface area contributed by atoms with Crippen molar-refractivity contribution in [2.24, 2.45) is 0 Å². The molecule has 1 N–H and O–H groups in total. The van der Waals surface area contributed by atoms with Crippen LogP contribution in [0.1, 0.15) is 18.5 Å². The highest BCUT2D eigenvalue weighted by Crippen LogP contribution is 2.26. The SMILES string of the molecule is CC(Nc1cc(-c2ccc(F)cc2)nc(-c2ccccn2)n1)c1ccccc1. The Morgan fingerprint density at radius 1 is 0.821 bits per heavy atom. The van der Waals surface area contributed by atoms with Crippen molar-refractivity contribution in [3.8, 4) is 22.8 Å². The molecule has 4 nitrogen and oxygen atoms in total. The summed E-state index contributed by atoms with van der Waals surface area (Å²) < 4.78 is 13.3. The van der Waals surface area contributed by atoms with Gasteiger partial charge in [0.15, 0.2) is 5.82 Å². The van der Waals surface area contributed by atoms with Crippen LogP contribution in [0, 0.1) is 5.82 Å². The Morgan fingerprint density at radius 2 is 1.57 bits per heavy atom. The van der Waals surface area contributed by atoms with E-state index in [4.69, 9.17) is 0 Å². The summed E-state index contributed by atoms with van der Waals surface area (Å²) >= 11 is 0. The van der Waals surface area contributed by atoms with Crippen molar-refractivity contribution in [1.29, 1.82) is 0 Å². The zero-order valence-corrected chi connectivity index (χ0v) is 15.4. The molecule has 0 aliphatic heterocycles. The number of hydrogen-bond donors (Lipinski definition) is 1. The van der Waals surface area contributed by atoms with Crippen molar-refractivity contribution in [1.82, 2.24) is 15.0 Å². The molecular formula is C23H19FN4. The average molecular weight is 370 g/mol. The van der Waals surface area contributed by atoms with E-state index in [9.17, 15) is 4.39 Å². The van der Waals surface area contributed by atoms with Gasteiger partial charge in [0.05, 0.1) is 5.69 Å². The topological polar surface area (TPSA) is 50.7 Å². The summed E-state index contributed by atoms with van der Waals surface area (Å²) in [4.78, 5) is 13.7. The van der Waals surface area contributed by atoms with E-state index >= 15 is 0 Å². The number of nitrogens with one attached hydrogen (secondary N) is 1. The second-order valence-electron chi connectivity index (χ2n) is 6.46. The predicted molar refractivity (Wildman–Crippen MR) is 109 cm³/mol. The van der Waals surface area contributed by atoms with Crippen molar-refractivity contribution < 1.29 is 4.39 Å². The largest absolute Gasteiger partial charge is 0.363 e. The molecule has 4 aromatic rings. The van der Waals surface area contributed by atoms with Gasteiger partial charge in [0.2, 0.25) is 0 Å². The molecular weight excluding hydrogens is 351 g/mol. The number of benzene rings is 2. The van der Waals surface area contributed by atoms with Crippen molar-refractivity contribution in [2.75, 3.05) is 5.32 Å². The highest BCUT2D eigenvalue weighted by Gasteiger charge is 2.12. The summed E-state index contributed by atoms with van der Waals surface area (Å²) in [7, 11) is 0. The number of aromatic nitrogens is 3. The summed E-state index contributed by atoms with van der Waals surface area (Å²) in [5.41, 5.74) is 3.36. The Bertz CT molecular complexity index is 1050. The Kier molecular flexibility index (Phi) is 5.06. The average Bonchev–Trinajstić information content (AvgIpc) is 2.75. The lowest BCUT2D eigenvalue weighted by Crippen LogP contribution is -2.09. The summed E-state index contributed by atoms with van der Waals surface area (Å²) in [6.45, 7) is 2.08. The lowest BCUT2D eigenvalue weighted by Gasteiger charge is -2.16. The number of halogens is 1. The zero-order valence-electron chi connectivity index (χ0n) is 15.4. The van der Waals surface area contributed by atoms with Gasteiger partial charge in [-0.05, 0) is 48.9 Å². The second kappa shape index (κ2) is 7.96. The monoisotopic (exact) mass is 370 g/mol.